The fraction of sp³-hybridized carbons (Fsp3) is 0.261. The van der Waals surface area contributed by atoms with Crippen molar-refractivity contribution in [2.24, 2.45) is 0 Å². The number of anilines is 1. The molecule has 150 valence electrons. The lowest BCUT2D eigenvalue weighted by molar-refractivity contribution is -0.129. The minimum Gasteiger partial charge on any atom is -0.459 e. The lowest BCUT2D eigenvalue weighted by atomic mass is 9.93. The third kappa shape index (κ3) is 4.90. The SMILES string of the molecule is CC(=O)N1C=Cc2ccccc2[C@H]1CC(=O)Nc1ccc(C(=O)OC(C)C)cc1. The standard InChI is InChI=1S/C23H24N2O4/c1-15(2)29-23(28)18-8-10-19(11-9-18)24-22(27)14-21-20-7-5-4-6-17(20)12-13-25(21)16(3)26/h4-13,15,21H,14H2,1-3H3,(H,24,27)/t21-/m1/s1. The van der Waals surface area contributed by atoms with Gasteiger partial charge in [-0.05, 0) is 55.3 Å². The Labute approximate surface area is 170 Å². The van der Waals surface area contributed by atoms with Gasteiger partial charge in [0.1, 0.15) is 0 Å². The average molecular weight is 392 g/mol. The Bertz CT molecular complexity index is 948. The van der Waals surface area contributed by atoms with E-state index in [1.807, 2.05) is 30.3 Å². The maximum Gasteiger partial charge on any atom is 0.338 e. The highest BCUT2D eigenvalue weighted by molar-refractivity contribution is 5.94. The Balaban J connectivity index is 1.70. The van der Waals surface area contributed by atoms with Crippen LogP contribution < -0.4 is 5.32 Å². The molecule has 29 heavy (non-hydrogen) atoms. The number of nitrogens with zero attached hydrogens (tertiary/aromatic N) is 1. The van der Waals surface area contributed by atoms with Gasteiger partial charge in [-0.3, -0.25) is 9.59 Å². The molecule has 1 aliphatic heterocycles. The Morgan fingerprint density at radius 3 is 2.41 bits per heavy atom. The van der Waals surface area contributed by atoms with E-state index in [9.17, 15) is 14.4 Å². The minimum absolute atomic E-state index is 0.123. The first-order valence-corrected chi connectivity index (χ1v) is 9.52. The predicted molar refractivity (Wildman–Crippen MR) is 111 cm³/mol. The predicted octanol–water partition coefficient (Wildman–Crippen LogP) is 4.15. The minimum atomic E-state index is -0.402. The fourth-order valence-electron chi connectivity index (χ4n) is 3.27. The average Bonchev–Trinajstić information content (AvgIpc) is 2.68. The molecule has 6 heteroatoms. The number of rotatable bonds is 5. The van der Waals surface area contributed by atoms with Gasteiger partial charge in [0.05, 0.1) is 24.1 Å². The van der Waals surface area contributed by atoms with Crippen molar-refractivity contribution in [3.63, 3.8) is 0 Å². The largest absolute Gasteiger partial charge is 0.459 e. The normalized spacial score (nSPS) is 15.0. The molecular weight excluding hydrogens is 368 g/mol. The molecule has 1 heterocycles. The van der Waals surface area contributed by atoms with Crippen LogP contribution in [0, 0.1) is 0 Å². The van der Waals surface area contributed by atoms with Gasteiger partial charge in [-0.2, -0.15) is 0 Å². The molecule has 2 aromatic rings. The lowest BCUT2D eigenvalue weighted by Gasteiger charge is -2.32. The van der Waals surface area contributed by atoms with Crippen molar-refractivity contribution < 1.29 is 19.1 Å². The molecule has 2 aromatic carbocycles. The summed E-state index contributed by atoms with van der Waals surface area (Å²) in [6.07, 6.45) is 3.52. The number of amides is 2. The van der Waals surface area contributed by atoms with Gasteiger partial charge in [-0.15, -0.1) is 0 Å². The van der Waals surface area contributed by atoms with Crippen LogP contribution in [0.1, 0.15) is 54.7 Å². The number of carbonyl (C=O) groups is 3. The Hall–Kier alpha value is -3.41. The van der Waals surface area contributed by atoms with Crippen LogP contribution in [0.4, 0.5) is 5.69 Å². The summed E-state index contributed by atoms with van der Waals surface area (Å²) in [5.41, 5.74) is 2.93. The van der Waals surface area contributed by atoms with Gasteiger partial charge in [0.15, 0.2) is 0 Å². The first kappa shape index (κ1) is 20.3. The van der Waals surface area contributed by atoms with Crippen molar-refractivity contribution in [3.8, 4) is 0 Å². The molecule has 0 bridgehead atoms. The van der Waals surface area contributed by atoms with Crippen molar-refractivity contribution in [3.05, 3.63) is 71.4 Å². The Kier molecular flexibility index (Phi) is 6.12. The molecule has 0 aliphatic carbocycles. The van der Waals surface area contributed by atoms with Crippen molar-refractivity contribution in [2.75, 3.05) is 5.32 Å². The van der Waals surface area contributed by atoms with Crippen LogP contribution in [-0.4, -0.2) is 28.8 Å². The number of hydrogen-bond acceptors (Lipinski definition) is 4. The molecule has 0 spiro atoms. The Morgan fingerprint density at radius 1 is 1.07 bits per heavy atom. The number of fused-ring (bicyclic) bond motifs is 1. The maximum absolute atomic E-state index is 12.7. The summed E-state index contributed by atoms with van der Waals surface area (Å²) >= 11 is 0. The second-order valence-corrected chi connectivity index (χ2v) is 7.17. The molecular formula is C23H24N2O4. The molecule has 1 N–H and O–H groups in total. The summed E-state index contributed by atoms with van der Waals surface area (Å²) in [7, 11) is 0. The zero-order chi connectivity index (χ0) is 21.0. The van der Waals surface area contributed by atoms with Crippen molar-refractivity contribution in [2.45, 2.75) is 39.3 Å². The zero-order valence-corrected chi connectivity index (χ0v) is 16.7. The molecule has 1 atom stereocenters. The quantitative estimate of drug-likeness (QED) is 0.776. The second kappa shape index (κ2) is 8.73. The molecule has 0 fully saturated rings. The summed E-state index contributed by atoms with van der Waals surface area (Å²) in [5.74, 6) is -0.744. The summed E-state index contributed by atoms with van der Waals surface area (Å²) in [6.45, 7) is 5.06. The molecule has 0 unspecified atom stereocenters. The summed E-state index contributed by atoms with van der Waals surface area (Å²) < 4.78 is 5.16. The van der Waals surface area contributed by atoms with Crippen LogP contribution in [0.5, 0.6) is 0 Å². The van der Waals surface area contributed by atoms with Gasteiger partial charge in [-0.25, -0.2) is 4.79 Å². The first-order valence-electron chi connectivity index (χ1n) is 9.52. The van der Waals surface area contributed by atoms with Gasteiger partial charge < -0.3 is 15.0 Å². The van der Waals surface area contributed by atoms with Crippen LogP contribution in [0.25, 0.3) is 6.08 Å². The molecule has 0 aromatic heterocycles. The highest BCUT2D eigenvalue weighted by atomic mass is 16.5. The van der Waals surface area contributed by atoms with Gasteiger partial charge in [0.2, 0.25) is 11.8 Å². The van der Waals surface area contributed by atoms with E-state index in [1.54, 1.807) is 49.2 Å². The van der Waals surface area contributed by atoms with E-state index < -0.39 is 5.97 Å². The first-order chi connectivity index (χ1) is 13.8. The maximum atomic E-state index is 12.7. The molecule has 0 saturated heterocycles. The molecule has 1 aliphatic rings. The van der Waals surface area contributed by atoms with Crippen LogP contribution in [0.2, 0.25) is 0 Å². The molecule has 6 nitrogen and oxygen atoms in total. The van der Waals surface area contributed by atoms with Gasteiger partial charge >= 0.3 is 5.97 Å². The smallest absolute Gasteiger partial charge is 0.338 e. The molecule has 3 rings (SSSR count). The highest BCUT2D eigenvalue weighted by Gasteiger charge is 2.28. The van der Waals surface area contributed by atoms with Crippen molar-refractivity contribution in [1.82, 2.24) is 4.90 Å². The fourth-order valence-corrected chi connectivity index (χ4v) is 3.27. The van der Waals surface area contributed by atoms with E-state index in [4.69, 9.17) is 4.74 Å². The summed E-state index contributed by atoms with van der Waals surface area (Å²) in [6, 6.07) is 13.9. The number of hydrogen-bond donors (Lipinski definition) is 1. The van der Waals surface area contributed by atoms with Crippen molar-refractivity contribution in [1.29, 1.82) is 0 Å². The van der Waals surface area contributed by atoms with Crippen LogP contribution >= 0.6 is 0 Å². The number of ether oxygens (including phenoxy) is 1. The molecule has 0 radical (unpaired) electrons. The third-order valence-electron chi connectivity index (χ3n) is 4.59. The van der Waals surface area contributed by atoms with E-state index in [2.05, 4.69) is 5.32 Å². The highest BCUT2D eigenvalue weighted by Crippen LogP contribution is 2.33. The topological polar surface area (TPSA) is 75.7 Å². The summed E-state index contributed by atoms with van der Waals surface area (Å²) in [5, 5.41) is 2.83. The van der Waals surface area contributed by atoms with E-state index in [0.717, 1.165) is 11.1 Å². The number of nitrogens with one attached hydrogen (secondary N) is 1. The van der Waals surface area contributed by atoms with E-state index in [-0.39, 0.29) is 30.4 Å². The lowest BCUT2D eigenvalue weighted by Crippen LogP contribution is -2.33. The van der Waals surface area contributed by atoms with Gasteiger partial charge in [0.25, 0.3) is 0 Å². The number of esters is 1. The molecule has 0 saturated carbocycles. The summed E-state index contributed by atoms with van der Waals surface area (Å²) in [4.78, 5) is 38.2. The number of benzene rings is 2. The number of carbonyl (C=O) groups excluding carboxylic acids is 3. The van der Waals surface area contributed by atoms with Gasteiger partial charge in [0, 0.05) is 18.8 Å². The van der Waals surface area contributed by atoms with Crippen LogP contribution in [0.3, 0.4) is 0 Å². The van der Waals surface area contributed by atoms with E-state index in [0.29, 0.717) is 11.3 Å². The van der Waals surface area contributed by atoms with E-state index in [1.165, 1.54) is 6.92 Å². The molecule has 2 amide bonds. The third-order valence-corrected chi connectivity index (χ3v) is 4.59. The zero-order valence-electron chi connectivity index (χ0n) is 16.7. The second-order valence-electron chi connectivity index (χ2n) is 7.17. The van der Waals surface area contributed by atoms with Crippen LogP contribution in [-0.2, 0) is 14.3 Å². The van der Waals surface area contributed by atoms with Crippen molar-refractivity contribution >= 4 is 29.5 Å². The van der Waals surface area contributed by atoms with Crippen LogP contribution in [0.15, 0.2) is 54.7 Å². The monoisotopic (exact) mass is 392 g/mol. The van der Waals surface area contributed by atoms with Gasteiger partial charge in [-0.1, -0.05) is 24.3 Å². The van der Waals surface area contributed by atoms with E-state index >= 15 is 0 Å². The Morgan fingerprint density at radius 2 is 1.76 bits per heavy atom.